The highest BCUT2D eigenvalue weighted by Crippen LogP contribution is 2.20. The minimum atomic E-state index is -0.748. The van der Waals surface area contributed by atoms with Gasteiger partial charge in [0.2, 0.25) is 0 Å². The highest BCUT2D eigenvalue weighted by atomic mass is 16.5. The zero-order valence-corrected chi connectivity index (χ0v) is 16.4. The molecule has 0 aliphatic heterocycles. The van der Waals surface area contributed by atoms with Crippen LogP contribution in [0, 0.1) is 5.92 Å². The number of aliphatic hydroxyl groups is 1. The summed E-state index contributed by atoms with van der Waals surface area (Å²) in [6, 6.07) is 9.62. The fourth-order valence-corrected chi connectivity index (χ4v) is 2.73. The van der Waals surface area contributed by atoms with Gasteiger partial charge in [0, 0.05) is 6.20 Å². The largest absolute Gasteiger partial charge is 0.467 e. The average molecular weight is 389 g/mol. The number of carbonyl (C=O) groups excluding carboxylic acids is 2. The fourth-order valence-electron chi connectivity index (χ4n) is 2.73. The van der Waals surface area contributed by atoms with Gasteiger partial charge in [0.1, 0.15) is 12.6 Å². The maximum atomic E-state index is 12.1. The third-order valence-electron chi connectivity index (χ3n) is 4.16. The maximum absolute atomic E-state index is 12.1. The predicted molar refractivity (Wildman–Crippen MR) is 102 cm³/mol. The first-order chi connectivity index (χ1) is 13.4. The lowest BCUT2D eigenvalue weighted by Gasteiger charge is -2.18. The van der Waals surface area contributed by atoms with Crippen LogP contribution in [-0.4, -0.2) is 40.7 Å². The summed E-state index contributed by atoms with van der Waals surface area (Å²) >= 11 is 0. The molecule has 28 heavy (non-hydrogen) atoms. The van der Waals surface area contributed by atoms with E-state index in [1.165, 1.54) is 11.8 Å². The highest BCUT2D eigenvalue weighted by molar-refractivity contribution is 5.74. The first-order valence-corrected chi connectivity index (χ1v) is 9.15. The Hall–Kier alpha value is -2.87. The molecule has 0 saturated heterocycles. The number of rotatable bonds is 9. The molecule has 0 unspecified atom stereocenters. The Kier molecular flexibility index (Phi) is 8.01. The molecular formula is C20H27N3O5. The number of hydrogen-bond acceptors (Lipinski definition) is 6. The second-order valence-corrected chi connectivity index (χ2v) is 6.83. The van der Waals surface area contributed by atoms with Crippen LogP contribution >= 0.6 is 0 Å². The Bertz CT molecular complexity index is 760. The van der Waals surface area contributed by atoms with Crippen LogP contribution in [0.15, 0.2) is 42.6 Å². The molecule has 2 aromatic rings. The minimum Gasteiger partial charge on any atom is -0.467 e. The molecular weight excluding hydrogens is 362 g/mol. The molecule has 0 fully saturated rings. The number of carbonyl (C=O) groups is 2. The number of esters is 1. The third-order valence-corrected chi connectivity index (χ3v) is 4.16. The predicted octanol–water partition coefficient (Wildman–Crippen LogP) is 2.60. The summed E-state index contributed by atoms with van der Waals surface area (Å²) in [7, 11) is 1.33. The summed E-state index contributed by atoms with van der Waals surface area (Å²) in [6.45, 7) is 3.77. The summed E-state index contributed by atoms with van der Waals surface area (Å²) in [5.41, 5.74) is 1.29. The zero-order chi connectivity index (χ0) is 20.5. The molecule has 1 aromatic carbocycles. The first kappa shape index (κ1) is 21.4. The average Bonchev–Trinajstić information content (AvgIpc) is 3.18. The lowest BCUT2D eigenvalue weighted by atomic mass is 10.0. The molecule has 2 rings (SSSR count). The van der Waals surface area contributed by atoms with Crippen LogP contribution in [0.4, 0.5) is 4.79 Å². The number of benzene rings is 1. The minimum absolute atomic E-state index is 0.123. The quantitative estimate of drug-likeness (QED) is 0.639. The molecule has 2 N–H and O–H groups in total. The lowest BCUT2D eigenvalue weighted by molar-refractivity contribution is -0.145. The second-order valence-electron chi connectivity index (χ2n) is 6.83. The van der Waals surface area contributed by atoms with Crippen molar-refractivity contribution < 1.29 is 24.2 Å². The van der Waals surface area contributed by atoms with Crippen LogP contribution in [0.1, 0.15) is 43.6 Å². The van der Waals surface area contributed by atoms with Crippen molar-refractivity contribution in [3.63, 3.8) is 0 Å². The monoisotopic (exact) mass is 389 g/mol. The van der Waals surface area contributed by atoms with E-state index in [4.69, 9.17) is 9.47 Å². The van der Waals surface area contributed by atoms with Crippen molar-refractivity contribution in [2.24, 2.45) is 5.92 Å². The van der Waals surface area contributed by atoms with E-state index in [-0.39, 0.29) is 25.1 Å². The number of alkyl carbamates (subject to hydrolysis) is 1. The molecule has 0 spiro atoms. The molecule has 8 heteroatoms. The van der Waals surface area contributed by atoms with Crippen molar-refractivity contribution in [1.29, 1.82) is 0 Å². The smallest absolute Gasteiger partial charge is 0.408 e. The maximum Gasteiger partial charge on any atom is 0.408 e. The highest BCUT2D eigenvalue weighted by Gasteiger charge is 2.25. The van der Waals surface area contributed by atoms with Gasteiger partial charge in [0.05, 0.1) is 25.5 Å². The molecule has 8 nitrogen and oxygen atoms in total. The van der Waals surface area contributed by atoms with Gasteiger partial charge in [-0.2, -0.15) is 5.10 Å². The van der Waals surface area contributed by atoms with Crippen molar-refractivity contribution in [3.8, 4) is 0 Å². The van der Waals surface area contributed by atoms with Gasteiger partial charge in [-0.1, -0.05) is 44.2 Å². The molecule has 0 radical (unpaired) electrons. The topological polar surface area (TPSA) is 103 Å². The Morgan fingerprint density at radius 3 is 2.54 bits per heavy atom. The van der Waals surface area contributed by atoms with Gasteiger partial charge in [-0.05, 0) is 24.0 Å². The van der Waals surface area contributed by atoms with E-state index in [9.17, 15) is 14.7 Å². The number of methoxy groups -OCH3 is 1. The molecule has 0 aliphatic rings. The first-order valence-electron chi connectivity index (χ1n) is 9.15. The SMILES string of the molecule is COC(=O)[C@H](CC(C)C)n1ccc([C@H](CO)NC(=O)OCc2ccccc2)n1. The molecule has 152 valence electrons. The van der Waals surface area contributed by atoms with Gasteiger partial charge in [0.25, 0.3) is 0 Å². The van der Waals surface area contributed by atoms with E-state index in [1.807, 2.05) is 44.2 Å². The summed E-state index contributed by atoms with van der Waals surface area (Å²) in [5, 5.41) is 16.6. The number of nitrogens with one attached hydrogen (secondary N) is 1. The van der Waals surface area contributed by atoms with E-state index in [0.29, 0.717) is 12.1 Å². The van der Waals surface area contributed by atoms with Gasteiger partial charge in [-0.3, -0.25) is 4.68 Å². The van der Waals surface area contributed by atoms with Crippen molar-refractivity contribution in [2.75, 3.05) is 13.7 Å². The molecule has 1 amide bonds. The van der Waals surface area contributed by atoms with Crippen LogP contribution in [0.5, 0.6) is 0 Å². The summed E-state index contributed by atoms with van der Waals surface area (Å²) < 4.78 is 11.5. The van der Waals surface area contributed by atoms with E-state index in [1.54, 1.807) is 12.3 Å². The summed E-state index contributed by atoms with van der Waals surface area (Å²) in [6.07, 6.45) is 1.53. The van der Waals surface area contributed by atoms with E-state index >= 15 is 0 Å². The molecule has 2 atom stereocenters. The molecule has 0 saturated carbocycles. The molecule has 0 aliphatic carbocycles. The Labute approximate surface area is 164 Å². The van der Waals surface area contributed by atoms with E-state index in [2.05, 4.69) is 10.4 Å². The number of ether oxygens (including phenoxy) is 2. The normalized spacial score (nSPS) is 13.0. The van der Waals surface area contributed by atoms with Crippen LogP contribution in [0.2, 0.25) is 0 Å². The van der Waals surface area contributed by atoms with E-state index in [0.717, 1.165) is 5.56 Å². The summed E-state index contributed by atoms with van der Waals surface area (Å²) in [4.78, 5) is 24.1. The Balaban J connectivity index is 2.01. The van der Waals surface area contributed by atoms with Gasteiger partial charge in [-0.15, -0.1) is 0 Å². The molecule has 0 bridgehead atoms. The number of aliphatic hydroxyl groups excluding tert-OH is 1. The Morgan fingerprint density at radius 2 is 1.93 bits per heavy atom. The number of amides is 1. The van der Waals surface area contributed by atoms with Crippen LogP contribution in [0.3, 0.4) is 0 Å². The van der Waals surface area contributed by atoms with Crippen molar-refractivity contribution in [2.45, 2.75) is 39.0 Å². The number of nitrogens with zero attached hydrogens (tertiary/aromatic N) is 2. The second kappa shape index (κ2) is 10.5. The standard InChI is InChI=1S/C20H27N3O5/c1-14(2)11-18(19(25)27-3)23-10-9-16(22-23)17(12-24)21-20(26)28-13-15-7-5-4-6-8-15/h4-10,14,17-18,24H,11-13H2,1-3H3,(H,21,26)/t17-,18-/m0/s1. The van der Waals surface area contributed by atoms with Crippen LogP contribution in [-0.2, 0) is 20.9 Å². The van der Waals surface area contributed by atoms with Gasteiger partial charge >= 0.3 is 12.1 Å². The molecule has 1 heterocycles. The number of hydrogen-bond donors (Lipinski definition) is 2. The van der Waals surface area contributed by atoms with Gasteiger partial charge in [-0.25, -0.2) is 9.59 Å². The van der Waals surface area contributed by atoms with Crippen LogP contribution in [0.25, 0.3) is 0 Å². The van der Waals surface area contributed by atoms with Crippen LogP contribution < -0.4 is 5.32 Å². The van der Waals surface area contributed by atoms with Gasteiger partial charge < -0.3 is 19.9 Å². The fraction of sp³-hybridized carbons (Fsp3) is 0.450. The third kappa shape index (κ3) is 6.09. The lowest BCUT2D eigenvalue weighted by Crippen LogP contribution is -2.32. The van der Waals surface area contributed by atoms with Crippen molar-refractivity contribution in [1.82, 2.24) is 15.1 Å². The van der Waals surface area contributed by atoms with Crippen molar-refractivity contribution >= 4 is 12.1 Å². The summed E-state index contributed by atoms with van der Waals surface area (Å²) in [5.74, 6) is -0.129. The zero-order valence-electron chi connectivity index (χ0n) is 16.4. The van der Waals surface area contributed by atoms with Crippen molar-refractivity contribution in [3.05, 3.63) is 53.9 Å². The number of aromatic nitrogens is 2. The van der Waals surface area contributed by atoms with E-state index < -0.39 is 18.2 Å². The molecule has 1 aromatic heterocycles. The Morgan fingerprint density at radius 1 is 1.21 bits per heavy atom. The van der Waals surface area contributed by atoms with Gasteiger partial charge in [0.15, 0.2) is 0 Å².